The third-order valence-corrected chi connectivity index (χ3v) is 8.46. The van der Waals surface area contributed by atoms with Gasteiger partial charge in [0.15, 0.2) is 0 Å². The summed E-state index contributed by atoms with van der Waals surface area (Å²) in [6.45, 7) is 0.767. The number of benzene rings is 4. The van der Waals surface area contributed by atoms with Crippen molar-refractivity contribution in [2.45, 2.75) is 17.9 Å². The topological polar surface area (TPSA) is 77.4 Å². The van der Waals surface area contributed by atoms with Crippen LogP contribution in [-0.4, -0.2) is 55.6 Å². The average molecular weight is 657 g/mol. The van der Waals surface area contributed by atoms with E-state index in [0.29, 0.717) is 16.5 Å². The van der Waals surface area contributed by atoms with Crippen molar-refractivity contribution < 1.29 is 22.3 Å². The van der Waals surface area contributed by atoms with Gasteiger partial charge in [-0.05, 0) is 88.7 Å². The predicted octanol–water partition coefficient (Wildman–Crippen LogP) is 6.33. The number of rotatable bonds is 9. The number of carbonyl (C=O) groups excluding carboxylic acids is 1. The molecule has 10 heteroatoms. The molecule has 4 aromatic carbocycles. The normalized spacial score (nSPS) is 11.4. The summed E-state index contributed by atoms with van der Waals surface area (Å²) in [7, 11) is -2.88. The van der Waals surface area contributed by atoms with Gasteiger partial charge in [0.05, 0.1) is 7.11 Å². The van der Waals surface area contributed by atoms with Crippen LogP contribution in [0, 0.1) is 5.82 Å². The second kappa shape index (κ2) is 13.8. The molecule has 0 aliphatic rings. The molecule has 5 aromatic rings. The summed E-state index contributed by atoms with van der Waals surface area (Å²) in [5.41, 5.74) is 4.60. The van der Waals surface area contributed by atoms with E-state index in [0.717, 1.165) is 34.7 Å². The minimum absolute atomic E-state index is 0. The zero-order valence-electron chi connectivity index (χ0n) is 23.1. The van der Waals surface area contributed by atoms with Gasteiger partial charge in [-0.1, -0.05) is 58.4 Å². The molecule has 1 radical (unpaired) electrons. The molecule has 0 spiro atoms. The third kappa shape index (κ3) is 7.59. The average Bonchev–Trinajstić information content (AvgIpc) is 3.35. The van der Waals surface area contributed by atoms with Gasteiger partial charge in [0.25, 0.3) is 15.9 Å². The maximum absolute atomic E-state index is 14.2. The Morgan fingerprint density at radius 3 is 2.52 bits per heavy atom. The molecule has 0 atom stereocenters. The van der Waals surface area contributed by atoms with E-state index < -0.39 is 21.7 Å². The molecule has 6 nitrogen and oxygen atoms in total. The fourth-order valence-electron chi connectivity index (χ4n) is 4.63. The van der Waals surface area contributed by atoms with Crippen molar-refractivity contribution in [1.82, 2.24) is 9.29 Å². The summed E-state index contributed by atoms with van der Waals surface area (Å²) in [5, 5.41) is 1.09. The molecule has 0 unspecified atom stereocenters. The van der Waals surface area contributed by atoms with Crippen LogP contribution in [0.4, 0.5) is 4.39 Å². The Bertz CT molecular complexity index is 1870. The van der Waals surface area contributed by atoms with E-state index in [1.54, 1.807) is 12.1 Å². The zero-order valence-corrected chi connectivity index (χ0v) is 27.5. The molecule has 1 heterocycles. The van der Waals surface area contributed by atoms with Crippen molar-refractivity contribution in [3.8, 4) is 5.75 Å². The fourth-order valence-corrected chi connectivity index (χ4v) is 6.28. The third-order valence-electron chi connectivity index (χ3n) is 6.60. The summed E-state index contributed by atoms with van der Waals surface area (Å²) in [4.78, 5) is 12.4. The Labute approximate surface area is 274 Å². The van der Waals surface area contributed by atoms with Crippen molar-refractivity contribution in [1.29, 1.82) is 0 Å². The van der Waals surface area contributed by atoms with Crippen molar-refractivity contribution in [2.75, 3.05) is 7.11 Å². The van der Waals surface area contributed by atoms with Gasteiger partial charge in [-0.15, -0.1) is 0 Å². The summed E-state index contributed by atoms with van der Waals surface area (Å²) in [6, 6.07) is 27.3. The quantitative estimate of drug-likeness (QED) is 0.149. The van der Waals surface area contributed by atoms with Crippen LogP contribution < -0.4 is 9.46 Å². The van der Waals surface area contributed by atoms with E-state index in [1.807, 2.05) is 29.0 Å². The molecule has 0 aliphatic carbocycles. The van der Waals surface area contributed by atoms with Crippen LogP contribution in [-0.2, 0) is 27.8 Å². The largest absolute Gasteiger partial charge is 0.495 e. The molecular weight excluding hydrogens is 630 g/mol. The fraction of sp³-hybridized carbons (Fsp3) is 0.0938. The van der Waals surface area contributed by atoms with E-state index in [9.17, 15) is 17.6 Å². The van der Waals surface area contributed by atoms with Crippen molar-refractivity contribution >= 4 is 78.4 Å². The van der Waals surface area contributed by atoms with Crippen molar-refractivity contribution in [3.05, 3.63) is 136 Å². The molecule has 0 saturated heterocycles. The Morgan fingerprint density at radius 2 is 1.76 bits per heavy atom. The van der Waals surface area contributed by atoms with E-state index >= 15 is 0 Å². The van der Waals surface area contributed by atoms with Crippen LogP contribution in [0.2, 0.25) is 0 Å². The van der Waals surface area contributed by atoms with E-state index in [1.165, 1.54) is 43.0 Å². The molecule has 209 valence electrons. The van der Waals surface area contributed by atoms with Crippen LogP contribution in [0.3, 0.4) is 0 Å². The van der Waals surface area contributed by atoms with Gasteiger partial charge in [-0.2, -0.15) is 0 Å². The van der Waals surface area contributed by atoms with E-state index in [-0.39, 0.29) is 40.2 Å². The number of amides is 1. The molecule has 1 aromatic heterocycles. The minimum atomic E-state index is -4.22. The number of halogens is 2. The van der Waals surface area contributed by atoms with Crippen LogP contribution in [0.5, 0.6) is 5.75 Å². The number of hydrogen-bond donors (Lipinski definition) is 1. The molecule has 1 amide bonds. The second-order valence-electron chi connectivity index (χ2n) is 9.44. The number of methoxy groups -OCH3 is 1. The van der Waals surface area contributed by atoms with Crippen LogP contribution in [0.25, 0.3) is 17.0 Å². The van der Waals surface area contributed by atoms with Gasteiger partial charge in [-0.3, -0.25) is 4.79 Å². The van der Waals surface area contributed by atoms with Gasteiger partial charge >= 0.3 is 0 Å². The van der Waals surface area contributed by atoms with E-state index in [2.05, 4.69) is 57.0 Å². The maximum Gasteiger partial charge on any atom is 0.268 e. The first-order valence-corrected chi connectivity index (χ1v) is 15.0. The summed E-state index contributed by atoms with van der Waals surface area (Å²) in [6.07, 6.45) is 5.04. The van der Waals surface area contributed by atoms with Gasteiger partial charge in [0.1, 0.15) is 16.5 Å². The van der Waals surface area contributed by atoms with Gasteiger partial charge < -0.3 is 9.30 Å². The standard InChI is InChI=1S/C32H26BrFN2O4S.Na/c1-40-30-13-10-27(33)20-31(30)41(38,39)35-32(37)14-9-25-19-28(34)11-8-24(25)17-23-7-12-29-26(18-23)15-16-36(29)21-22-5-3-2-4-6-22;/h2-16,18-20H,17,21H2,1H3,(H,35,37);/b14-9+;. The molecule has 5 rings (SSSR count). The number of carbonyl (C=O) groups is 1. The molecular formula is C32H26BrFN2NaO4S. The first-order valence-electron chi connectivity index (χ1n) is 12.7. The smallest absolute Gasteiger partial charge is 0.268 e. The maximum atomic E-state index is 14.2. The van der Waals surface area contributed by atoms with Crippen molar-refractivity contribution in [3.63, 3.8) is 0 Å². The molecule has 0 aliphatic heterocycles. The van der Waals surface area contributed by atoms with Gasteiger partial charge in [-0.25, -0.2) is 17.5 Å². The van der Waals surface area contributed by atoms with Crippen molar-refractivity contribution in [2.24, 2.45) is 0 Å². The van der Waals surface area contributed by atoms with Crippen LogP contribution in [0.15, 0.2) is 113 Å². The number of sulfonamides is 1. The summed E-state index contributed by atoms with van der Waals surface area (Å²) in [5.74, 6) is -1.24. The number of aromatic nitrogens is 1. The summed E-state index contributed by atoms with van der Waals surface area (Å²) >= 11 is 3.23. The number of ether oxygens (including phenoxy) is 1. The second-order valence-corrected chi connectivity index (χ2v) is 12.0. The number of hydrogen-bond acceptors (Lipinski definition) is 4. The van der Waals surface area contributed by atoms with Gasteiger partial charge in [0.2, 0.25) is 0 Å². The molecule has 0 fully saturated rings. The zero-order chi connectivity index (χ0) is 29.0. The minimum Gasteiger partial charge on any atom is -0.495 e. The first-order chi connectivity index (χ1) is 19.7. The Hall–Kier alpha value is -3.21. The number of nitrogens with zero attached hydrogens (tertiary/aromatic N) is 1. The van der Waals surface area contributed by atoms with Gasteiger partial charge in [0, 0.05) is 58.4 Å². The molecule has 42 heavy (non-hydrogen) atoms. The van der Waals surface area contributed by atoms with Crippen LogP contribution in [0.1, 0.15) is 22.3 Å². The number of fused-ring (bicyclic) bond motifs is 1. The molecule has 1 N–H and O–H groups in total. The first kappa shape index (κ1) is 31.7. The number of nitrogens with one attached hydrogen (secondary N) is 1. The molecule has 0 bridgehead atoms. The Kier molecular flexibility index (Phi) is 10.5. The predicted molar refractivity (Wildman–Crippen MR) is 167 cm³/mol. The SMILES string of the molecule is COc1ccc(Br)cc1S(=O)(=O)NC(=O)/C=C/c1cc(F)ccc1Cc1ccc2c(ccn2Cc2ccccc2)c1.[Na]. The van der Waals surface area contributed by atoms with Crippen LogP contribution >= 0.6 is 15.9 Å². The summed E-state index contributed by atoms with van der Waals surface area (Å²) < 4.78 is 49.7. The molecule has 0 saturated carbocycles. The Morgan fingerprint density at radius 1 is 0.976 bits per heavy atom. The monoisotopic (exact) mass is 655 g/mol. The van der Waals surface area contributed by atoms with E-state index in [4.69, 9.17) is 4.74 Å². The Balaban J connectivity index is 0.00000405.